The van der Waals surface area contributed by atoms with Gasteiger partial charge in [-0.3, -0.25) is 0 Å². The lowest BCUT2D eigenvalue weighted by molar-refractivity contribution is -0.0551. The van der Waals surface area contributed by atoms with Gasteiger partial charge < -0.3 is 4.74 Å². The SMILES string of the molecule is CCOC1(C)CCN(S(=O)(=O)Cl)CC1. The first-order chi connectivity index (χ1) is 6.37. The molecular weight excluding hydrogens is 226 g/mol. The molecule has 0 atom stereocenters. The van der Waals surface area contributed by atoms with E-state index in [9.17, 15) is 8.42 Å². The average molecular weight is 242 g/mol. The standard InChI is InChI=1S/C8H16ClNO3S/c1-3-13-8(2)4-6-10(7-5-8)14(9,11)12/h3-7H2,1-2H3. The first-order valence-electron chi connectivity index (χ1n) is 4.71. The van der Waals surface area contributed by atoms with Crippen LogP contribution in [0.3, 0.4) is 0 Å². The number of nitrogens with zero attached hydrogens (tertiary/aromatic N) is 1. The smallest absolute Gasteiger partial charge is 0.299 e. The zero-order chi connectivity index (χ0) is 10.8. The summed E-state index contributed by atoms with van der Waals surface area (Å²) in [5, 5.41) is 0. The first kappa shape index (κ1) is 12.2. The minimum Gasteiger partial charge on any atom is -0.375 e. The van der Waals surface area contributed by atoms with E-state index in [1.165, 1.54) is 4.31 Å². The highest BCUT2D eigenvalue weighted by Crippen LogP contribution is 2.27. The molecule has 14 heavy (non-hydrogen) atoms. The lowest BCUT2D eigenvalue weighted by Crippen LogP contribution is -2.45. The first-order valence-corrected chi connectivity index (χ1v) is 6.98. The maximum atomic E-state index is 11.0. The van der Waals surface area contributed by atoms with Crippen molar-refractivity contribution in [2.24, 2.45) is 0 Å². The summed E-state index contributed by atoms with van der Waals surface area (Å²) in [5.74, 6) is 0. The summed E-state index contributed by atoms with van der Waals surface area (Å²) in [4.78, 5) is 0. The largest absolute Gasteiger partial charge is 0.375 e. The van der Waals surface area contributed by atoms with E-state index in [0.717, 1.165) is 0 Å². The maximum Gasteiger partial charge on any atom is 0.299 e. The molecule has 6 heteroatoms. The Balaban J connectivity index is 2.54. The van der Waals surface area contributed by atoms with Crippen LogP contribution in [0.2, 0.25) is 0 Å². The van der Waals surface area contributed by atoms with Gasteiger partial charge in [-0.15, -0.1) is 0 Å². The monoisotopic (exact) mass is 241 g/mol. The molecule has 0 spiro atoms. The molecule has 1 fully saturated rings. The van der Waals surface area contributed by atoms with Gasteiger partial charge in [0.15, 0.2) is 0 Å². The van der Waals surface area contributed by atoms with Crippen molar-refractivity contribution in [3.63, 3.8) is 0 Å². The Morgan fingerprint density at radius 1 is 1.43 bits per heavy atom. The lowest BCUT2D eigenvalue weighted by Gasteiger charge is -2.37. The number of ether oxygens (including phenoxy) is 1. The van der Waals surface area contributed by atoms with Gasteiger partial charge in [0.1, 0.15) is 0 Å². The summed E-state index contributed by atoms with van der Waals surface area (Å²) < 4.78 is 28.9. The van der Waals surface area contributed by atoms with E-state index >= 15 is 0 Å². The van der Waals surface area contributed by atoms with Crippen molar-refractivity contribution in [3.8, 4) is 0 Å². The van der Waals surface area contributed by atoms with Crippen LogP contribution in [-0.2, 0) is 14.0 Å². The fourth-order valence-electron chi connectivity index (χ4n) is 1.67. The van der Waals surface area contributed by atoms with Crippen LogP contribution in [0, 0.1) is 0 Å². The van der Waals surface area contributed by atoms with Crippen molar-refractivity contribution in [1.29, 1.82) is 0 Å². The number of rotatable bonds is 3. The molecule has 1 saturated heterocycles. The van der Waals surface area contributed by atoms with Gasteiger partial charge in [0.05, 0.1) is 5.60 Å². The van der Waals surface area contributed by atoms with Gasteiger partial charge in [-0.2, -0.15) is 12.7 Å². The molecule has 1 rings (SSSR count). The zero-order valence-corrected chi connectivity index (χ0v) is 10.1. The van der Waals surface area contributed by atoms with Crippen molar-refractivity contribution in [1.82, 2.24) is 4.31 Å². The van der Waals surface area contributed by atoms with Crippen molar-refractivity contribution in [3.05, 3.63) is 0 Å². The summed E-state index contributed by atoms with van der Waals surface area (Å²) in [6, 6.07) is 0. The molecule has 0 aliphatic carbocycles. The van der Waals surface area contributed by atoms with E-state index in [4.69, 9.17) is 15.4 Å². The van der Waals surface area contributed by atoms with E-state index in [2.05, 4.69) is 0 Å². The molecule has 1 heterocycles. The summed E-state index contributed by atoms with van der Waals surface area (Å²) in [7, 11) is 1.70. The van der Waals surface area contributed by atoms with Gasteiger partial charge in [0.2, 0.25) is 0 Å². The van der Waals surface area contributed by atoms with Crippen LogP contribution in [0.25, 0.3) is 0 Å². The molecule has 4 nitrogen and oxygen atoms in total. The van der Waals surface area contributed by atoms with E-state index in [0.29, 0.717) is 32.5 Å². The van der Waals surface area contributed by atoms with Gasteiger partial charge in [-0.1, -0.05) is 0 Å². The highest BCUT2D eigenvalue weighted by atomic mass is 35.7. The second-order valence-corrected chi connectivity index (χ2v) is 6.23. The predicted molar refractivity (Wildman–Crippen MR) is 55.6 cm³/mol. The zero-order valence-electron chi connectivity index (χ0n) is 8.49. The van der Waals surface area contributed by atoms with E-state index in [1.54, 1.807) is 0 Å². The minimum absolute atomic E-state index is 0.188. The van der Waals surface area contributed by atoms with Gasteiger partial charge in [0.25, 0.3) is 9.24 Å². The molecule has 1 aliphatic heterocycles. The van der Waals surface area contributed by atoms with E-state index in [-0.39, 0.29) is 5.60 Å². The van der Waals surface area contributed by atoms with Crippen LogP contribution in [-0.4, -0.2) is 38.0 Å². The molecule has 0 saturated carbocycles. The molecule has 0 N–H and O–H groups in total. The Kier molecular flexibility index (Phi) is 3.80. The Labute approximate surface area is 89.7 Å². The van der Waals surface area contributed by atoms with E-state index < -0.39 is 9.24 Å². The number of piperidine rings is 1. The number of hydrogen-bond acceptors (Lipinski definition) is 3. The number of halogens is 1. The Bertz CT molecular complexity index is 283. The van der Waals surface area contributed by atoms with E-state index in [1.807, 2.05) is 13.8 Å². The van der Waals surface area contributed by atoms with Gasteiger partial charge in [-0.25, -0.2) is 0 Å². The molecule has 1 aliphatic rings. The summed E-state index contributed by atoms with van der Waals surface area (Å²) in [6.07, 6.45) is 1.40. The summed E-state index contributed by atoms with van der Waals surface area (Å²) in [6.45, 7) is 5.50. The second kappa shape index (κ2) is 4.35. The van der Waals surface area contributed by atoms with Gasteiger partial charge in [0, 0.05) is 30.4 Å². The predicted octanol–water partition coefficient (Wildman–Crippen LogP) is 1.36. The molecule has 0 bridgehead atoms. The Morgan fingerprint density at radius 3 is 2.29 bits per heavy atom. The van der Waals surface area contributed by atoms with Crippen LogP contribution in [0.1, 0.15) is 26.7 Å². The van der Waals surface area contributed by atoms with Crippen molar-refractivity contribution < 1.29 is 13.2 Å². The minimum atomic E-state index is -3.54. The average Bonchev–Trinajstić information content (AvgIpc) is 2.03. The fourth-order valence-corrected chi connectivity index (χ4v) is 2.70. The van der Waals surface area contributed by atoms with Crippen LogP contribution >= 0.6 is 10.7 Å². The van der Waals surface area contributed by atoms with Crippen LogP contribution < -0.4 is 0 Å². The number of hydrogen-bond donors (Lipinski definition) is 0. The Morgan fingerprint density at radius 2 is 1.93 bits per heavy atom. The third-order valence-corrected chi connectivity index (χ3v) is 4.15. The molecule has 0 amide bonds. The molecule has 0 aromatic rings. The van der Waals surface area contributed by atoms with Crippen molar-refractivity contribution in [2.45, 2.75) is 32.3 Å². The molecule has 0 aromatic heterocycles. The normalized spacial score (nSPS) is 23.6. The molecule has 0 radical (unpaired) electrons. The van der Waals surface area contributed by atoms with Gasteiger partial charge in [-0.05, 0) is 26.7 Å². The maximum absolute atomic E-state index is 11.0. The highest BCUT2D eigenvalue weighted by Gasteiger charge is 2.34. The lowest BCUT2D eigenvalue weighted by atomic mass is 9.95. The quantitative estimate of drug-likeness (QED) is 0.701. The van der Waals surface area contributed by atoms with Gasteiger partial charge >= 0.3 is 0 Å². The molecular formula is C8H16ClNO3S. The summed E-state index contributed by atoms with van der Waals surface area (Å²) in [5.41, 5.74) is -0.188. The third kappa shape index (κ3) is 3.08. The van der Waals surface area contributed by atoms with Crippen LogP contribution in [0.15, 0.2) is 0 Å². The molecule has 84 valence electrons. The third-order valence-electron chi connectivity index (χ3n) is 2.58. The van der Waals surface area contributed by atoms with Crippen molar-refractivity contribution >= 4 is 19.9 Å². The van der Waals surface area contributed by atoms with Crippen molar-refractivity contribution in [2.75, 3.05) is 19.7 Å². The highest BCUT2D eigenvalue weighted by molar-refractivity contribution is 8.11. The topological polar surface area (TPSA) is 46.6 Å². The molecule has 0 unspecified atom stereocenters. The Hall–Kier alpha value is 0.160. The van der Waals surface area contributed by atoms with Crippen LogP contribution in [0.4, 0.5) is 0 Å². The fraction of sp³-hybridized carbons (Fsp3) is 1.00. The van der Waals surface area contributed by atoms with Crippen LogP contribution in [0.5, 0.6) is 0 Å². The summed E-state index contributed by atoms with van der Waals surface area (Å²) >= 11 is 0. The molecule has 0 aromatic carbocycles. The second-order valence-electron chi connectivity index (χ2n) is 3.72.